The predicted molar refractivity (Wildman–Crippen MR) is 77.3 cm³/mol. The van der Waals surface area contributed by atoms with Crippen molar-refractivity contribution in [2.75, 3.05) is 18.8 Å². The van der Waals surface area contributed by atoms with Gasteiger partial charge in [0, 0.05) is 10.6 Å². The van der Waals surface area contributed by atoms with E-state index in [1.54, 1.807) is 28.0 Å². The van der Waals surface area contributed by atoms with E-state index < -0.39 is 5.60 Å². The summed E-state index contributed by atoms with van der Waals surface area (Å²) in [4.78, 5) is 14.7. The Bertz CT molecular complexity index is 429. The van der Waals surface area contributed by atoms with E-state index >= 15 is 0 Å². The Kier molecular flexibility index (Phi) is 4.59. The summed E-state index contributed by atoms with van der Waals surface area (Å²) in [5.41, 5.74) is -0.637. The van der Waals surface area contributed by atoms with Gasteiger partial charge in [-0.2, -0.15) is 0 Å². The van der Waals surface area contributed by atoms with E-state index in [-0.39, 0.29) is 5.91 Å². The number of β-amino-alcohol motifs (C(OH)–C–C–N with tert-alkyl or cyclic N) is 1. The van der Waals surface area contributed by atoms with Crippen molar-refractivity contribution in [3.63, 3.8) is 0 Å². The van der Waals surface area contributed by atoms with Gasteiger partial charge in [0.05, 0.1) is 28.8 Å². The van der Waals surface area contributed by atoms with E-state index in [1.165, 1.54) is 4.88 Å². The average Bonchev–Trinajstić information content (AvgIpc) is 2.70. The molecule has 0 atom stereocenters. The van der Waals surface area contributed by atoms with Crippen LogP contribution in [0.1, 0.15) is 18.2 Å². The number of hydrogen-bond acceptors (Lipinski definition) is 4. The summed E-state index contributed by atoms with van der Waals surface area (Å²) in [6.45, 7) is 2.90. The number of likely N-dealkylation sites (tertiary alicyclic amines) is 1. The summed E-state index contributed by atoms with van der Waals surface area (Å²) >= 11 is 8.98. The number of amides is 1. The summed E-state index contributed by atoms with van der Waals surface area (Å²) in [6, 6.07) is 3.87. The van der Waals surface area contributed by atoms with E-state index in [4.69, 9.17) is 11.6 Å². The molecule has 1 aliphatic heterocycles. The van der Waals surface area contributed by atoms with E-state index in [9.17, 15) is 9.90 Å². The van der Waals surface area contributed by atoms with Crippen molar-refractivity contribution in [1.29, 1.82) is 0 Å². The maximum absolute atomic E-state index is 11.8. The van der Waals surface area contributed by atoms with Crippen molar-refractivity contribution in [3.8, 4) is 0 Å². The summed E-state index contributed by atoms with van der Waals surface area (Å²) in [5, 5.41) is 9.83. The maximum atomic E-state index is 11.8. The van der Waals surface area contributed by atoms with Crippen LogP contribution in [0, 0.1) is 0 Å². The van der Waals surface area contributed by atoms with Gasteiger partial charge in [-0.05, 0) is 18.6 Å². The number of thiophene rings is 1. The molecule has 0 spiro atoms. The molecule has 1 aromatic heterocycles. The van der Waals surface area contributed by atoms with Gasteiger partial charge in [-0.25, -0.2) is 0 Å². The van der Waals surface area contributed by atoms with Gasteiger partial charge in [0.15, 0.2) is 0 Å². The highest BCUT2D eigenvalue weighted by Gasteiger charge is 2.41. The van der Waals surface area contributed by atoms with Crippen molar-refractivity contribution in [3.05, 3.63) is 21.3 Å². The fourth-order valence-corrected chi connectivity index (χ4v) is 3.95. The van der Waals surface area contributed by atoms with Crippen LogP contribution >= 0.6 is 34.7 Å². The molecule has 0 unspecified atom stereocenters. The van der Waals surface area contributed by atoms with E-state index in [1.807, 2.05) is 19.1 Å². The molecule has 2 heterocycles. The molecule has 0 bridgehead atoms. The number of carbonyl (C=O) groups excluding carboxylic acids is 1. The third kappa shape index (κ3) is 3.41. The minimum Gasteiger partial charge on any atom is -0.386 e. The first-order chi connectivity index (χ1) is 8.52. The smallest absolute Gasteiger partial charge is 0.232 e. The van der Waals surface area contributed by atoms with Gasteiger partial charge in [0.1, 0.15) is 0 Å². The Balaban J connectivity index is 1.67. The van der Waals surface area contributed by atoms with Gasteiger partial charge in [-0.15, -0.1) is 23.1 Å². The highest BCUT2D eigenvalue weighted by Crippen LogP contribution is 2.27. The third-order valence-electron chi connectivity index (χ3n) is 3.08. The minimum absolute atomic E-state index is 0.112. The number of thioether (sulfide) groups is 1. The number of aliphatic hydroxyl groups is 1. The molecule has 2 rings (SSSR count). The first-order valence-corrected chi connectivity index (χ1v) is 8.19. The van der Waals surface area contributed by atoms with Crippen LogP contribution in [-0.2, 0) is 10.5 Å². The first-order valence-electron chi connectivity index (χ1n) is 5.84. The van der Waals surface area contributed by atoms with Crippen LogP contribution in [0.2, 0.25) is 4.34 Å². The molecular weight excluding hydrogens is 290 g/mol. The van der Waals surface area contributed by atoms with E-state index in [2.05, 4.69) is 0 Å². The van der Waals surface area contributed by atoms with Gasteiger partial charge >= 0.3 is 0 Å². The fraction of sp³-hybridized carbons (Fsp3) is 0.583. The molecule has 0 aromatic carbocycles. The molecular formula is C12H16ClNO2S2. The van der Waals surface area contributed by atoms with Crippen LogP contribution in [-0.4, -0.2) is 40.4 Å². The van der Waals surface area contributed by atoms with Gasteiger partial charge in [-0.3, -0.25) is 4.79 Å². The number of hydrogen-bond donors (Lipinski definition) is 1. The van der Waals surface area contributed by atoms with Crippen molar-refractivity contribution < 1.29 is 9.90 Å². The molecule has 1 aromatic rings. The summed E-state index contributed by atoms with van der Waals surface area (Å²) < 4.78 is 0.785. The van der Waals surface area contributed by atoms with Crippen molar-refractivity contribution in [2.24, 2.45) is 0 Å². The van der Waals surface area contributed by atoms with Gasteiger partial charge in [0.2, 0.25) is 5.91 Å². The molecule has 6 heteroatoms. The van der Waals surface area contributed by atoms with Crippen LogP contribution in [0.4, 0.5) is 0 Å². The molecule has 3 nitrogen and oxygen atoms in total. The first kappa shape index (κ1) is 14.2. The van der Waals surface area contributed by atoms with Gasteiger partial charge in [0.25, 0.3) is 0 Å². The predicted octanol–water partition coefficient (Wildman–Crippen LogP) is 2.62. The molecule has 100 valence electrons. The fourth-order valence-electron chi connectivity index (χ4n) is 1.82. The molecule has 1 amide bonds. The van der Waals surface area contributed by atoms with Crippen LogP contribution in [0.3, 0.4) is 0 Å². The average molecular weight is 306 g/mol. The van der Waals surface area contributed by atoms with Gasteiger partial charge in [-0.1, -0.05) is 18.5 Å². The van der Waals surface area contributed by atoms with Crippen LogP contribution in [0.5, 0.6) is 0 Å². The summed E-state index contributed by atoms with van der Waals surface area (Å²) in [5.74, 6) is 1.39. The summed E-state index contributed by atoms with van der Waals surface area (Å²) in [7, 11) is 0. The second-order valence-electron chi connectivity index (χ2n) is 4.53. The quantitative estimate of drug-likeness (QED) is 0.909. The zero-order valence-electron chi connectivity index (χ0n) is 10.2. The second-order valence-corrected chi connectivity index (χ2v) is 7.31. The van der Waals surface area contributed by atoms with Crippen molar-refractivity contribution in [2.45, 2.75) is 24.7 Å². The maximum Gasteiger partial charge on any atom is 0.232 e. The Morgan fingerprint density at radius 1 is 1.61 bits per heavy atom. The zero-order valence-corrected chi connectivity index (χ0v) is 12.6. The zero-order chi connectivity index (χ0) is 13.2. The number of carbonyl (C=O) groups is 1. The largest absolute Gasteiger partial charge is 0.386 e. The van der Waals surface area contributed by atoms with Crippen LogP contribution in [0.25, 0.3) is 0 Å². The lowest BCUT2D eigenvalue weighted by molar-refractivity contribution is -0.152. The number of nitrogens with zero attached hydrogens (tertiary/aromatic N) is 1. The molecule has 1 N–H and O–H groups in total. The van der Waals surface area contributed by atoms with Crippen molar-refractivity contribution >= 4 is 40.6 Å². The van der Waals surface area contributed by atoms with E-state index in [0.717, 1.165) is 10.1 Å². The number of halogens is 1. The van der Waals surface area contributed by atoms with Crippen LogP contribution < -0.4 is 0 Å². The van der Waals surface area contributed by atoms with Crippen LogP contribution in [0.15, 0.2) is 12.1 Å². The Labute approximate surface area is 120 Å². The second kappa shape index (κ2) is 5.82. The highest BCUT2D eigenvalue weighted by atomic mass is 35.5. The summed E-state index contributed by atoms with van der Waals surface area (Å²) in [6.07, 6.45) is 0.706. The molecule has 1 saturated heterocycles. The number of rotatable bonds is 5. The lowest BCUT2D eigenvalue weighted by Crippen LogP contribution is -2.63. The molecule has 0 radical (unpaired) electrons. The lowest BCUT2D eigenvalue weighted by Gasteiger charge is -2.46. The minimum atomic E-state index is -0.637. The Hall–Kier alpha value is -0.230. The molecule has 0 saturated carbocycles. The lowest BCUT2D eigenvalue weighted by atomic mass is 9.91. The van der Waals surface area contributed by atoms with Gasteiger partial charge < -0.3 is 10.0 Å². The van der Waals surface area contributed by atoms with Crippen molar-refractivity contribution in [1.82, 2.24) is 4.90 Å². The molecule has 1 aliphatic rings. The monoisotopic (exact) mass is 305 g/mol. The SMILES string of the molecule is CCC1(O)CN(C(=O)CSCc2ccc(Cl)s2)C1. The van der Waals surface area contributed by atoms with E-state index in [0.29, 0.717) is 25.3 Å². The standard InChI is InChI=1S/C12H16ClNO2S2/c1-2-12(16)7-14(8-12)11(15)6-17-5-9-3-4-10(13)18-9/h3-4,16H,2,5-8H2,1H3. The molecule has 18 heavy (non-hydrogen) atoms. The normalized spacial score (nSPS) is 17.6. The highest BCUT2D eigenvalue weighted by molar-refractivity contribution is 7.99. The third-order valence-corrected chi connectivity index (χ3v) is 5.46. The molecule has 0 aliphatic carbocycles. The molecule has 1 fully saturated rings. The Morgan fingerprint density at radius 3 is 2.89 bits per heavy atom. The Morgan fingerprint density at radius 2 is 2.33 bits per heavy atom. The topological polar surface area (TPSA) is 40.5 Å².